The van der Waals surface area contributed by atoms with Crippen molar-refractivity contribution >= 4 is 46.0 Å². The van der Waals surface area contributed by atoms with E-state index >= 15 is 0 Å². The van der Waals surface area contributed by atoms with Crippen LogP contribution in [0.15, 0.2) is 70.9 Å². The zero-order valence-corrected chi connectivity index (χ0v) is 17.5. The zero-order chi connectivity index (χ0) is 22.2. The van der Waals surface area contributed by atoms with Crippen molar-refractivity contribution in [1.82, 2.24) is 20.8 Å². The Morgan fingerprint density at radius 2 is 1.16 bits per heavy atom. The number of hydrogen-bond donors (Lipinski definition) is 4. The first-order valence-electron chi connectivity index (χ1n) is 10.5. The molecule has 0 aliphatic heterocycles. The van der Waals surface area contributed by atoms with Crippen LogP contribution in [0.5, 0.6) is 0 Å². The van der Waals surface area contributed by atoms with Crippen molar-refractivity contribution in [2.75, 3.05) is 0 Å². The standard InChI is InChI=1S/C24H24N6O2/c31-23(29-25-15-19-13-17-7-1-3-9-21(17)27-19)11-5-6-12-24(32)30-26-16-20-14-18-8-2-4-10-22(18)28-20/h1-4,7-10,13-16,27-28H,5-6,11-12H2,(H,29,31)(H,30,32)/b25-15+,26-16+. The maximum atomic E-state index is 11.9. The van der Waals surface area contributed by atoms with Crippen LogP contribution in [0.3, 0.4) is 0 Å². The van der Waals surface area contributed by atoms with Crippen molar-refractivity contribution in [1.29, 1.82) is 0 Å². The minimum atomic E-state index is -0.186. The van der Waals surface area contributed by atoms with E-state index in [0.717, 1.165) is 33.2 Å². The lowest BCUT2D eigenvalue weighted by Crippen LogP contribution is -2.19. The van der Waals surface area contributed by atoms with Crippen molar-refractivity contribution in [2.45, 2.75) is 25.7 Å². The number of hydrazone groups is 2. The summed E-state index contributed by atoms with van der Waals surface area (Å²) in [4.78, 5) is 30.2. The number of nitrogens with one attached hydrogen (secondary N) is 4. The van der Waals surface area contributed by atoms with E-state index in [0.29, 0.717) is 25.7 Å². The van der Waals surface area contributed by atoms with Gasteiger partial charge in [0.05, 0.1) is 23.8 Å². The number of hydrogen-bond acceptors (Lipinski definition) is 4. The molecule has 0 fully saturated rings. The van der Waals surface area contributed by atoms with Crippen LogP contribution in [0.25, 0.3) is 21.8 Å². The quantitative estimate of drug-likeness (QED) is 0.184. The number of aromatic amines is 2. The summed E-state index contributed by atoms with van der Waals surface area (Å²) in [7, 11) is 0. The minimum absolute atomic E-state index is 0.186. The van der Waals surface area contributed by atoms with E-state index in [1.807, 2.05) is 60.7 Å². The molecular formula is C24H24N6O2. The Balaban J connectivity index is 1.11. The number of rotatable bonds is 9. The van der Waals surface area contributed by atoms with Gasteiger partial charge in [0, 0.05) is 34.6 Å². The highest BCUT2D eigenvalue weighted by atomic mass is 16.2. The fourth-order valence-corrected chi connectivity index (χ4v) is 3.36. The molecule has 4 aromatic rings. The largest absolute Gasteiger partial charge is 0.354 e. The molecule has 0 saturated heterocycles. The fraction of sp³-hybridized carbons (Fsp3) is 0.167. The van der Waals surface area contributed by atoms with Gasteiger partial charge in [0.2, 0.25) is 11.8 Å². The van der Waals surface area contributed by atoms with Gasteiger partial charge < -0.3 is 9.97 Å². The van der Waals surface area contributed by atoms with E-state index < -0.39 is 0 Å². The van der Waals surface area contributed by atoms with E-state index in [-0.39, 0.29) is 11.8 Å². The summed E-state index contributed by atoms with van der Waals surface area (Å²) in [6, 6.07) is 19.7. The van der Waals surface area contributed by atoms with Crippen molar-refractivity contribution in [3.63, 3.8) is 0 Å². The third-order valence-electron chi connectivity index (χ3n) is 4.95. The molecule has 4 rings (SSSR count). The first kappa shape index (κ1) is 21.0. The Kier molecular flexibility index (Phi) is 6.72. The molecule has 0 radical (unpaired) electrons. The third-order valence-corrected chi connectivity index (χ3v) is 4.95. The van der Waals surface area contributed by atoms with Crippen LogP contribution in [0.2, 0.25) is 0 Å². The van der Waals surface area contributed by atoms with Gasteiger partial charge in [-0.05, 0) is 37.1 Å². The lowest BCUT2D eigenvalue weighted by molar-refractivity contribution is -0.123. The van der Waals surface area contributed by atoms with Crippen molar-refractivity contribution in [3.05, 3.63) is 72.1 Å². The number of aromatic nitrogens is 2. The maximum absolute atomic E-state index is 11.9. The summed E-state index contributed by atoms with van der Waals surface area (Å²) in [5.41, 5.74) is 8.69. The lowest BCUT2D eigenvalue weighted by Gasteiger charge is -2.00. The Labute approximate surface area is 184 Å². The summed E-state index contributed by atoms with van der Waals surface area (Å²) in [5, 5.41) is 10.1. The molecule has 0 bridgehead atoms. The number of H-pyrrole nitrogens is 2. The Hall–Kier alpha value is -4.20. The molecule has 0 spiro atoms. The van der Waals surface area contributed by atoms with E-state index in [2.05, 4.69) is 31.0 Å². The van der Waals surface area contributed by atoms with Gasteiger partial charge in [-0.15, -0.1) is 0 Å². The molecule has 2 heterocycles. The summed E-state index contributed by atoms with van der Waals surface area (Å²) in [6.45, 7) is 0. The Morgan fingerprint density at radius 1 is 0.719 bits per heavy atom. The summed E-state index contributed by atoms with van der Waals surface area (Å²) >= 11 is 0. The smallest absolute Gasteiger partial charge is 0.240 e. The van der Waals surface area contributed by atoms with Gasteiger partial charge in [-0.2, -0.15) is 10.2 Å². The first-order valence-corrected chi connectivity index (χ1v) is 10.5. The van der Waals surface area contributed by atoms with Crippen LogP contribution in [-0.2, 0) is 9.59 Å². The highest BCUT2D eigenvalue weighted by Crippen LogP contribution is 2.14. The van der Waals surface area contributed by atoms with Gasteiger partial charge in [0.1, 0.15) is 0 Å². The second kappa shape index (κ2) is 10.2. The van der Waals surface area contributed by atoms with E-state index in [1.165, 1.54) is 0 Å². The van der Waals surface area contributed by atoms with Crippen LogP contribution in [0.4, 0.5) is 0 Å². The van der Waals surface area contributed by atoms with Gasteiger partial charge in [0.15, 0.2) is 0 Å². The molecular weight excluding hydrogens is 404 g/mol. The molecule has 162 valence electrons. The predicted molar refractivity (Wildman–Crippen MR) is 127 cm³/mol. The molecule has 0 aliphatic rings. The van der Waals surface area contributed by atoms with Gasteiger partial charge in [0.25, 0.3) is 0 Å². The van der Waals surface area contributed by atoms with Gasteiger partial charge in [-0.3, -0.25) is 9.59 Å². The molecule has 2 amide bonds. The normalized spacial score (nSPS) is 11.6. The van der Waals surface area contributed by atoms with Gasteiger partial charge in [-0.25, -0.2) is 10.9 Å². The fourth-order valence-electron chi connectivity index (χ4n) is 3.36. The molecule has 8 nitrogen and oxygen atoms in total. The SMILES string of the molecule is O=C(CCCCC(=O)N/N=C/c1cc2ccccc2[nH]1)N/N=C/c1cc2ccccc2[nH]1. The zero-order valence-electron chi connectivity index (χ0n) is 17.5. The van der Waals surface area contributed by atoms with Gasteiger partial charge in [-0.1, -0.05) is 36.4 Å². The van der Waals surface area contributed by atoms with Crippen LogP contribution < -0.4 is 10.9 Å². The van der Waals surface area contributed by atoms with Crippen LogP contribution in [0, 0.1) is 0 Å². The molecule has 32 heavy (non-hydrogen) atoms. The summed E-state index contributed by atoms with van der Waals surface area (Å²) in [5.74, 6) is -0.371. The third kappa shape index (κ3) is 5.69. The van der Waals surface area contributed by atoms with Crippen LogP contribution in [-0.4, -0.2) is 34.2 Å². The molecule has 4 N–H and O–H groups in total. The molecule has 8 heteroatoms. The van der Waals surface area contributed by atoms with E-state index in [9.17, 15) is 9.59 Å². The number of benzene rings is 2. The number of amides is 2. The Morgan fingerprint density at radius 3 is 1.59 bits per heavy atom. The molecule has 0 saturated carbocycles. The van der Waals surface area contributed by atoms with E-state index in [1.54, 1.807) is 12.4 Å². The second-order valence-electron chi connectivity index (χ2n) is 7.42. The minimum Gasteiger partial charge on any atom is -0.354 e. The summed E-state index contributed by atoms with van der Waals surface area (Å²) in [6.07, 6.45) is 4.94. The number of para-hydroxylation sites is 2. The first-order chi connectivity index (χ1) is 15.7. The second-order valence-corrected chi connectivity index (χ2v) is 7.42. The maximum Gasteiger partial charge on any atom is 0.240 e. The number of unbranched alkanes of at least 4 members (excludes halogenated alkanes) is 1. The topological polar surface area (TPSA) is 114 Å². The highest BCUT2D eigenvalue weighted by Gasteiger charge is 2.04. The molecule has 0 atom stereocenters. The monoisotopic (exact) mass is 428 g/mol. The number of nitrogens with zero attached hydrogens (tertiary/aromatic N) is 2. The molecule has 0 unspecified atom stereocenters. The van der Waals surface area contributed by atoms with Crippen molar-refractivity contribution in [2.24, 2.45) is 10.2 Å². The van der Waals surface area contributed by atoms with E-state index in [4.69, 9.17) is 0 Å². The molecule has 2 aromatic carbocycles. The average molecular weight is 428 g/mol. The molecule has 2 aromatic heterocycles. The number of carbonyl (C=O) groups excluding carboxylic acids is 2. The average Bonchev–Trinajstić information content (AvgIpc) is 3.40. The van der Waals surface area contributed by atoms with Crippen molar-refractivity contribution < 1.29 is 9.59 Å². The number of fused-ring (bicyclic) bond motifs is 2. The van der Waals surface area contributed by atoms with Crippen LogP contribution in [0.1, 0.15) is 37.1 Å². The van der Waals surface area contributed by atoms with Crippen molar-refractivity contribution in [3.8, 4) is 0 Å². The summed E-state index contributed by atoms with van der Waals surface area (Å²) < 4.78 is 0. The molecule has 0 aliphatic carbocycles. The van der Waals surface area contributed by atoms with Crippen LogP contribution >= 0.6 is 0 Å². The Bertz CT molecular complexity index is 1120. The lowest BCUT2D eigenvalue weighted by atomic mass is 10.2. The number of carbonyl (C=O) groups is 2. The predicted octanol–water partition coefficient (Wildman–Crippen LogP) is 3.81. The van der Waals surface area contributed by atoms with Gasteiger partial charge >= 0.3 is 0 Å². The highest BCUT2D eigenvalue weighted by molar-refractivity contribution is 5.91.